The van der Waals surface area contributed by atoms with E-state index in [0.717, 1.165) is 16.4 Å². The maximum Gasteiger partial charge on any atom is 0.247 e. The van der Waals surface area contributed by atoms with Crippen molar-refractivity contribution in [3.05, 3.63) is 52.9 Å². The minimum Gasteiger partial charge on any atom is -0.497 e. The maximum atomic E-state index is 13.3. The molecule has 7 nitrogen and oxygen atoms in total. The van der Waals surface area contributed by atoms with Crippen LogP contribution >= 0.6 is 11.3 Å². The van der Waals surface area contributed by atoms with Gasteiger partial charge in [-0.3, -0.25) is 0 Å². The minimum atomic E-state index is -3.70. The fourth-order valence-electron chi connectivity index (χ4n) is 3.69. The first-order chi connectivity index (χ1) is 15.3. The van der Waals surface area contributed by atoms with Crippen LogP contribution in [0, 0.1) is 13.8 Å². The number of aryl methyl sites for hydroxylation is 2. The Kier molecular flexibility index (Phi) is 6.41. The quantitative estimate of drug-likeness (QED) is 0.540. The van der Waals surface area contributed by atoms with E-state index in [1.54, 1.807) is 23.5 Å². The monoisotopic (exact) mass is 473 g/mol. The summed E-state index contributed by atoms with van der Waals surface area (Å²) in [7, 11) is -0.727. The zero-order valence-corrected chi connectivity index (χ0v) is 20.3. The van der Waals surface area contributed by atoms with Crippen molar-refractivity contribution >= 4 is 26.5 Å². The van der Waals surface area contributed by atoms with E-state index < -0.39 is 10.0 Å². The fraction of sp³-hybridized carbons (Fsp3) is 0.348. The molecule has 0 amide bonds. The Balaban J connectivity index is 1.49. The molecule has 1 fully saturated rings. The van der Waals surface area contributed by atoms with Crippen LogP contribution < -0.4 is 14.4 Å². The van der Waals surface area contributed by atoms with Crippen LogP contribution in [-0.4, -0.2) is 58.1 Å². The number of anilines is 1. The molecule has 170 valence electrons. The van der Waals surface area contributed by atoms with Gasteiger partial charge in [-0.2, -0.15) is 4.31 Å². The van der Waals surface area contributed by atoms with Crippen molar-refractivity contribution in [2.75, 3.05) is 45.3 Å². The summed E-state index contributed by atoms with van der Waals surface area (Å²) in [5, 5.41) is 2.97. The van der Waals surface area contributed by atoms with Gasteiger partial charge in [0, 0.05) is 43.2 Å². The van der Waals surface area contributed by atoms with Crippen LogP contribution in [-0.2, 0) is 10.0 Å². The molecule has 0 N–H and O–H groups in total. The highest BCUT2D eigenvalue weighted by atomic mass is 32.2. The van der Waals surface area contributed by atoms with Gasteiger partial charge in [-0.1, -0.05) is 12.1 Å². The third-order valence-corrected chi connectivity index (χ3v) is 8.61. The van der Waals surface area contributed by atoms with Gasteiger partial charge in [0.25, 0.3) is 0 Å². The second kappa shape index (κ2) is 9.09. The molecule has 0 aliphatic carbocycles. The van der Waals surface area contributed by atoms with E-state index in [1.165, 1.54) is 35.7 Å². The Labute approximate surface area is 193 Å². The van der Waals surface area contributed by atoms with Crippen molar-refractivity contribution in [3.63, 3.8) is 0 Å². The highest BCUT2D eigenvalue weighted by molar-refractivity contribution is 7.89. The van der Waals surface area contributed by atoms with Crippen LogP contribution in [0.25, 0.3) is 11.3 Å². The zero-order chi connectivity index (χ0) is 22.9. The second-order valence-corrected chi connectivity index (χ2v) is 10.5. The molecule has 2 aromatic carbocycles. The summed E-state index contributed by atoms with van der Waals surface area (Å²) >= 11 is 1.59. The number of sulfonamides is 1. The van der Waals surface area contributed by atoms with Crippen molar-refractivity contribution in [1.29, 1.82) is 0 Å². The van der Waals surface area contributed by atoms with Gasteiger partial charge in [-0.25, -0.2) is 13.4 Å². The number of piperazine rings is 1. The predicted molar refractivity (Wildman–Crippen MR) is 128 cm³/mol. The summed E-state index contributed by atoms with van der Waals surface area (Å²) in [5.41, 5.74) is 4.55. The third-order valence-electron chi connectivity index (χ3n) is 5.79. The number of benzene rings is 2. The van der Waals surface area contributed by atoms with Gasteiger partial charge in [0.1, 0.15) is 16.4 Å². The van der Waals surface area contributed by atoms with Gasteiger partial charge in [-0.15, -0.1) is 11.3 Å². The van der Waals surface area contributed by atoms with Gasteiger partial charge in [0.2, 0.25) is 10.0 Å². The van der Waals surface area contributed by atoms with E-state index in [9.17, 15) is 8.42 Å². The van der Waals surface area contributed by atoms with E-state index in [2.05, 4.69) is 42.3 Å². The highest BCUT2D eigenvalue weighted by Gasteiger charge is 2.32. The molecule has 1 aromatic heterocycles. The number of thiazole rings is 1. The molecule has 0 atom stereocenters. The summed E-state index contributed by atoms with van der Waals surface area (Å²) in [6, 6.07) is 11.2. The first kappa shape index (κ1) is 22.6. The molecule has 0 spiro atoms. The molecule has 2 heterocycles. The van der Waals surface area contributed by atoms with Crippen molar-refractivity contribution in [2.45, 2.75) is 18.7 Å². The summed E-state index contributed by atoms with van der Waals surface area (Å²) < 4.78 is 38.6. The number of methoxy groups -OCH3 is 2. The zero-order valence-electron chi connectivity index (χ0n) is 18.7. The molecule has 0 radical (unpaired) electrons. The predicted octanol–water partition coefficient (Wildman–Crippen LogP) is 3.96. The average Bonchev–Trinajstić information content (AvgIpc) is 3.31. The van der Waals surface area contributed by atoms with E-state index in [0.29, 0.717) is 37.7 Å². The van der Waals surface area contributed by atoms with Crippen LogP contribution in [0.2, 0.25) is 0 Å². The standard InChI is InChI=1S/C23H27N3O4S2/c1-16-5-6-18(13-17(16)2)20-15-31-23(24-20)25-9-11-26(12-10-25)32(27,28)22-14-19(29-3)7-8-21(22)30-4/h5-8,13-15H,9-12H2,1-4H3. The van der Waals surface area contributed by atoms with Gasteiger partial charge >= 0.3 is 0 Å². The molecule has 1 aliphatic rings. The Hall–Kier alpha value is -2.62. The maximum absolute atomic E-state index is 13.3. The summed E-state index contributed by atoms with van der Waals surface area (Å²) in [6.07, 6.45) is 0. The van der Waals surface area contributed by atoms with Crippen LogP contribution in [0.3, 0.4) is 0 Å². The molecular weight excluding hydrogens is 446 g/mol. The Bertz CT molecular complexity index is 1220. The lowest BCUT2D eigenvalue weighted by Gasteiger charge is -2.34. The Morgan fingerprint density at radius 2 is 1.69 bits per heavy atom. The van der Waals surface area contributed by atoms with Crippen molar-refractivity contribution < 1.29 is 17.9 Å². The smallest absolute Gasteiger partial charge is 0.247 e. The average molecular weight is 474 g/mol. The lowest BCUT2D eigenvalue weighted by atomic mass is 10.1. The largest absolute Gasteiger partial charge is 0.497 e. The molecule has 32 heavy (non-hydrogen) atoms. The molecule has 9 heteroatoms. The molecular formula is C23H27N3O4S2. The number of rotatable bonds is 6. The number of hydrogen-bond donors (Lipinski definition) is 0. The number of aromatic nitrogens is 1. The topological polar surface area (TPSA) is 72.0 Å². The van der Waals surface area contributed by atoms with Crippen LogP contribution in [0.15, 0.2) is 46.7 Å². The SMILES string of the molecule is COc1ccc(OC)c(S(=O)(=O)N2CCN(c3nc(-c4ccc(C)c(C)c4)cs3)CC2)c1. The lowest BCUT2D eigenvalue weighted by Crippen LogP contribution is -2.48. The van der Waals surface area contributed by atoms with E-state index in [1.807, 2.05) is 0 Å². The Morgan fingerprint density at radius 3 is 2.34 bits per heavy atom. The van der Waals surface area contributed by atoms with Crippen molar-refractivity contribution in [1.82, 2.24) is 9.29 Å². The summed E-state index contributed by atoms with van der Waals surface area (Å²) in [5.74, 6) is 0.788. The first-order valence-electron chi connectivity index (χ1n) is 10.3. The third kappa shape index (κ3) is 4.32. The highest BCUT2D eigenvalue weighted by Crippen LogP contribution is 2.33. The van der Waals surface area contributed by atoms with Gasteiger partial charge in [-0.05, 0) is 43.2 Å². The molecule has 1 aliphatic heterocycles. The van der Waals surface area contributed by atoms with E-state index in [-0.39, 0.29) is 4.90 Å². The van der Waals surface area contributed by atoms with Gasteiger partial charge in [0.15, 0.2) is 5.13 Å². The molecule has 3 aromatic rings. The first-order valence-corrected chi connectivity index (χ1v) is 12.7. The Morgan fingerprint density at radius 1 is 0.938 bits per heavy atom. The number of hydrogen-bond acceptors (Lipinski definition) is 7. The molecule has 0 saturated carbocycles. The molecule has 0 bridgehead atoms. The minimum absolute atomic E-state index is 0.124. The summed E-state index contributed by atoms with van der Waals surface area (Å²) in [6.45, 7) is 6.10. The lowest BCUT2D eigenvalue weighted by molar-refractivity contribution is 0.370. The van der Waals surface area contributed by atoms with E-state index in [4.69, 9.17) is 14.5 Å². The van der Waals surface area contributed by atoms with Gasteiger partial charge in [0.05, 0.1) is 19.9 Å². The van der Waals surface area contributed by atoms with Crippen LogP contribution in [0.5, 0.6) is 11.5 Å². The van der Waals surface area contributed by atoms with Crippen molar-refractivity contribution in [2.24, 2.45) is 0 Å². The number of nitrogens with zero attached hydrogens (tertiary/aromatic N) is 3. The second-order valence-electron chi connectivity index (χ2n) is 7.72. The van der Waals surface area contributed by atoms with Crippen molar-refractivity contribution in [3.8, 4) is 22.8 Å². The molecule has 4 rings (SSSR count). The van der Waals surface area contributed by atoms with Crippen LogP contribution in [0.4, 0.5) is 5.13 Å². The normalized spacial score (nSPS) is 15.1. The van der Waals surface area contributed by atoms with Gasteiger partial charge < -0.3 is 14.4 Å². The molecule has 1 saturated heterocycles. The fourth-order valence-corrected chi connectivity index (χ4v) is 6.17. The van der Waals surface area contributed by atoms with Crippen LogP contribution in [0.1, 0.15) is 11.1 Å². The molecule has 0 unspecified atom stereocenters. The van der Waals surface area contributed by atoms with E-state index >= 15 is 0 Å². The number of ether oxygens (including phenoxy) is 2. The summed E-state index contributed by atoms with van der Waals surface area (Å²) in [4.78, 5) is 7.08.